The van der Waals surface area contributed by atoms with Gasteiger partial charge in [-0.1, -0.05) is 54.1 Å². The smallest absolute Gasteiger partial charge is 0.254 e. The Labute approximate surface area is 214 Å². The number of hydrogen-bond donors (Lipinski definition) is 0. The van der Waals surface area contributed by atoms with Crippen molar-refractivity contribution in [2.24, 2.45) is 0 Å². The maximum Gasteiger partial charge on any atom is 0.254 e. The van der Waals surface area contributed by atoms with Gasteiger partial charge in [-0.2, -0.15) is 0 Å². The van der Waals surface area contributed by atoms with Gasteiger partial charge in [0, 0.05) is 28.0 Å². The largest absolute Gasteiger partial charge is 0.330 e. The van der Waals surface area contributed by atoms with Gasteiger partial charge in [0.1, 0.15) is 6.54 Å². The molecule has 1 aromatic heterocycles. The van der Waals surface area contributed by atoms with E-state index in [1.165, 1.54) is 4.88 Å². The van der Waals surface area contributed by atoms with Crippen LogP contribution in [0.3, 0.4) is 0 Å². The monoisotopic (exact) mass is 502 g/mol. The first-order chi connectivity index (χ1) is 16.9. The third kappa shape index (κ3) is 4.71. The summed E-state index contributed by atoms with van der Waals surface area (Å²) in [7, 11) is 0. The highest BCUT2D eigenvalue weighted by atomic mass is 35.5. The van der Waals surface area contributed by atoms with Crippen molar-refractivity contribution in [2.45, 2.75) is 32.4 Å². The van der Waals surface area contributed by atoms with Crippen LogP contribution in [-0.2, 0) is 11.2 Å². The predicted molar refractivity (Wildman–Crippen MR) is 143 cm³/mol. The van der Waals surface area contributed by atoms with Gasteiger partial charge in [0.25, 0.3) is 5.91 Å². The van der Waals surface area contributed by atoms with E-state index in [1.54, 1.807) is 16.2 Å². The number of fused-ring (bicyclic) bond motifs is 2. The van der Waals surface area contributed by atoms with E-state index < -0.39 is 0 Å². The van der Waals surface area contributed by atoms with Crippen molar-refractivity contribution in [1.82, 2.24) is 9.80 Å². The number of amides is 2. The number of thiophene rings is 1. The first-order valence-corrected chi connectivity index (χ1v) is 13.1. The molecule has 0 unspecified atom stereocenters. The lowest BCUT2D eigenvalue weighted by molar-refractivity contribution is -0.134. The zero-order chi connectivity index (χ0) is 24.5. The van der Waals surface area contributed by atoms with Crippen LogP contribution in [0.5, 0.6) is 0 Å². The van der Waals surface area contributed by atoms with E-state index in [-0.39, 0.29) is 30.4 Å². The minimum Gasteiger partial charge on any atom is -0.330 e. The summed E-state index contributed by atoms with van der Waals surface area (Å²) in [5.41, 5.74) is 2.78. The number of carbonyl (C=O) groups is 2. The van der Waals surface area contributed by atoms with Crippen LogP contribution < -0.4 is 0 Å². The van der Waals surface area contributed by atoms with Crippen molar-refractivity contribution in [1.29, 1.82) is 0 Å². The number of nitrogens with zero attached hydrogens (tertiary/aromatic N) is 2. The minimum atomic E-state index is -0.181. The number of rotatable bonds is 5. The lowest BCUT2D eigenvalue weighted by Crippen LogP contribution is -2.48. The van der Waals surface area contributed by atoms with Gasteiger partial charge in [0.05, 0.1) is 6.04 Å². The van der Waals surface area contributed by atoms with Crippen LogP contribution in [0.15, 0.2) is 78.2 Å². The molecule has 1 aliphatic rings. The van der Waals surface area contributed by atoms with Crippen LogP contribution >= 0.6 is 22.9 Å². The van der Waals surface area contributed by atoms with Gasteiger partial charge in [-0.3, -0.25) is 9.59 Å². The highest BCUT2D eigenvalue weighted by Crippen LogP contribution is 2.38. The van der Waals surface area contributed by atoms with Crippen molar-refractivity contribution in [3.8, 4) is 0 Å². The molecular weight excluding hydrogens is 476 g/mol. The van der Waals surface area contributed by atoms with Gasteiger partial charge in [0.2, 0.25) is 5.91 Å². The van der Waals surface area contributed by atoms with Crippen molar-refractivity contribution < 1.29 is 9.59 Å². The number of carbonyl (C=O) groups excluding carboxylic acids is 2. The van der Waals surface area contributed by atoms with Crippen LogP contribution in [0.2, 0.25) is 5.02 Å². The van der Waals surface area contributed by atoms with E-state index in [2.05, 4.69) is 11.4 Å². The average molecular weight is 503 g/mol. The Morgan fingerprint density at radius 2 is 1.77 bits per heavy atom. The zero-order valence-electron chi connectivity index (χ0n) is 19.8. The maximum atomic E-state index is 13.8. The molecule has 5 rings (SSSR count). The molecule has 0 fully saturated rings. The second-order valence-corrected chi connectivity index (χ2v) is 10.6. The van der Waals surface area contributed by atoms with E-state index in [1.807, 2.05) is 85.5 Å². The maximum absolute atomic E-state index is 13.8. The van der Waals surface area contributed by atoms with Gasteiger partial charge in [0.15, 0.2) is 0 Å². The van der Waals surface area contributed by atoms with Crippen LogP contribution in [0.25, 0.3) is 10.8 Å². The van der Waals surface area contributed by atoms with Gasteiger partial charge in [-0.15, -0.1) is 11.3 Å². The summed E-state index contributed by atoms with van der Waals surface area (Å²) in [6, 6.07) is 23.2. The van der Waals surface area contributed by atoms with E-state index in [9.17, 15) is 9.59 Å². The highest BCUT2D eigenvalue weighted by molar-refractivity contribution is 7.10. The van der Waals surface area contributed by atoms with E-state index >= 15 is 0 Å². The van der Waals surface area contributed by atoms with E-state index in [0.717, 1.165) is 28.3 Å². The third-order valence-electron chi connectivity index (χ3n) is 6.66. The Balaban J connectivity index is 1.43. The Hall–Kier alpha value is -3.15. The molecule has 1 atom stereocenters. The molecule has 4 aromatic rings. The van der Waals surface area contributed by atoms with Gasteiger partial charge in [-0.05, 0) is 77.9 Å². The Bertz CT molecular complexity index is 1380. The van der Waals surface area contributed by atoms with E-state index in [4.69, 9.17) is 11.6 Å². The molecule has 0 saturated carbocycles. The lowest BCUT2D eigenvalue weighted by atomic mass is 9.93. The molecule has 0 N–H and O–H groups in total. The summed E-state index contributed by atoms with van der Waals surface area (Å²) >= 11 is 7.87. The van der Waals surface area contributed by atoms with Gasteiger partial charge >= 0.3 is 0 Å². The molecule has 178 valence electrons. The van der Waals surface area contributed by atoms with Crippen molar-refractivity contribution >= 4 is 45.5 Å². The second kappa shape index (κ2) is 9.84. The molecule has 2 amide bonds. The molecule has 0 radical (unpaired) electrons. The van der Waals surface area contributed by atoms with Gasteiger partial charge in [-0.25, -0.2) is 0 Å². The standard InChI is InChI=1S/C29H27ClN2O2S/c1-19(2)32(29(34)23-8-7-20-5-3-4-6-22(20)17-23)18-27(33)31-15-13-26-25(14-16-35-26)28(31)21-9-11-24(30)12-10-21/h3-12,14,16-17,19,28H,13,15,18H2,1-2H3/t28-/m0/s1. The molecule has 6 heteroatoms. The number of benzene rings is 3. The molecule has 4 nitrogen and oxygen atoms in total. The fourth-order valence-electron chi connectivity index (χ4n) is 4.80. The summed E-state index contributed by atoms with van der Waals surface area (Å²) in [5.74, 6) is -0.181. The molecule has 0 bridgehead atoms. The minimum absolute atomic E-state index is 0.0346. The Morgan fingerprint density at radius 1 is 1.03 bits per heavy atom. The summed E-state index contributed by atoms with van der Waals surface area (Å²) in [5, 5.41) is 4.85. The zero-order valence-corrected chi connectivity index (χ0v) is 21.4. The quantitative estimate of drug-likeness (QED) is 0.309. The Kier molecular flexibility index (Phi) is 6.63. The molecule has 35 heavy (non-hydrogen) atoms. The Morgan fingerprint density at radius 3 is 2.51 bits per heavy atom. The summed E-state index contributed by atoms with van der Waals surface area (Å²) in [6.45, 7) is 4.56. The molecular formula is C29H27ClN2O2S. The SMILES string of the molecule is CC(C)N(CC(=O)N1CCc2sccc2[C@@H]1c1ccc(Cl)cc1)C(=O)c1ccc2ccccc2c1. The second-order valence-electron chi connectivity index (χ2n) is 9.18. The van der Waals surface area contributed by atoms with Crippen molar-refractivity contribution in [3.05, 3.63) is 105 Å². The van der Waals surface area contributed by atoms with Crippen LogP contribution in [0.4, 0.5) is 0 Å². The fourth-order valence-corrected chi connectivity index (χ4v) is 5.83. The topological polar surface area (TPSA) is 40.6 Å². The number of halogens is 1. The molecule has 0 aliphatic carbocycles. The summed E-state index contributed by atoms with van der Waals surface area (Å²) < 4.78 is 0. The van der Waals surface area contributed by atoms with Crippen molar-refractivity contribution in [2.75, 3.05) is 13.1 Å². The number of hydrogen-bond acceptors (Lipinski definition) is 3. The fraction of sp³-hybridized carbons (Fsp3) is 0.241. The third-order valence-corrected chi connectivity index (χ3v) is 7.91. The van der Waals surface area contributed by atoms with Crippen LogP contribution in [0, 0.1) is 0 Å². The molecule has 0 spiro atoms. The first kappa shape index (κ1) is 23.6. The van der Waals surface area contributed by atoms with E-state index in [0.29, 0.717) is 17.1 Å². The molecule has 1 aliphatic heterocycles. The first-order valence-electron chi connectivity index (χ1n) is 11.8. The predicted octanol–water partition coefficient (Wildman–Crippen LogP) is 6.58. The molecule has 2 heterocycles. The average Bonchev–Trinajstić information content (AvgIpc) is 3.35. The molecule has 0 saturated heterocycles. The summed E-state index contributed by atoms with van der Waals surface area (Å²) in [4.78, 5) is 32.2. The molecule has 3 aromatic carbocycles. The van der Waals surface area contributed by atoms with Crippen LogP contribution in [0.1, 0.15) is 46.3 Å². The van der Waals surface area contributed by atoms with Gasteiger partial charge < -0.3 is 9.80 Å². The lowest BCUT2D eigenvalue weighted by Gasteiger charge is -2.38. The summed E-state index contributed by atoms with van der Waals surface area (Å²) in [6.07, 6.45) is 0.823. The highest BCUT2D eigenvalue weighted by Gasteiger charge is 2.34. The van der Waals surface area contributed by atoms with Crippen molar-refractivity contribution in [3.63, 3.8) is 0 Å². The normalized spacial score (nSPS) is 15.3. The van der Waals surface area contributed by atoms with Crippen LogP contribution in [-0.4, -0.2) is 40.7 Å².